The number of carbonyl (C=O) groups excluding carboxylic acids is 3. The molecule has 6 nitrogen and oxygen atoms in total. The van der Waals surface area contributed by atoms with Crippen molar-refractivity contribution in [1.82, 2.24) is 0 Å². The van der Waals surface area contributed by atoms with Crippen molar-refractivity contribution in [2.45, 2.75) is 323 Å². The van der Waals surface area contributed by atoms with Crippen molar-refractivity contribution >= 4 is 17.9 Å². The first-order chi connectivity index (χ1) is 30.8. The lowest BCUT2D eigenvalue weighted by Gasteiger charge is -2.18. The molecule has 0 aromatic heterocycles. The van der Waals surface area contributed by atoms with E-state index in [9.17, 15) is 14.4 Å². The molecular formula is C57H110O6. The Morgan fingerprint density at radius 1 is 0.317 bits per heavy atom. The zero-order valence-corrected chi connectivity index (χ0v) is 43.2. The van der Waals surface area contributed by atoms with Crippen molar-refractivity contribution in [1.29, 1.82) is 0 Å². The summed E-state index contributed by atoms with van der Waals surface area (Å²) in [6.07, 6.45) is 52.4. The second-order valence-corrected chi connectivity index (χ2v) is 20.1. The van der Waals surface area contributed by atoms with E-state index in [4.69, 9.17) is 14.2 Å². The molecule has 0 spiro atoms. The van der Waals surface area contributed by atoms with E-state index in [0.717, 1.165) is 69.6 Å². The third kappa shape index (κ3) is 48.2. The molecule has 63 heavy (non-hydrogen) atoms. The summed E-state index contributed by atoms with van der Waals surface area (Å²) in [5.74, 6) is 0.878. The number of ether oxygens (including phenoxy) is 3. The largest absolute Gasteiger partial charge is 0.462 e. The van der Waals surface area contributed by atoms with Crippen molar-refractivity contribution in [2.75, 3.05) is 13.2 Å². The quantitative estimate of drug-likeness (QED) is 0.0344. The monoisotopic (exact) mass is 891 g/mol. The van der Waals surface area contributed by atoms with Crippen LogP contribution in [-0.4, -0.2) is 37.2 Å². The third-order valence-corrected chi connectivity index (χ3v) is 13.7. The van der Waals surface area contributed by atoms with Crippen LogP contribution >= 0.6 is 0 Å². The summed E-state index contributed by atoms with van der Waals surface area (Å²) in [6.45, 7) is 11.4. The molecule has 2 unspecified atom stereocenters. The summed E-state index contributed by atoms with van der Waals surface area (Å²) >= 11 is 0. The first-order valence-electron chi connectivity index (χ1n) is 28.3. The molecule has 0 radical (unpaired) electrons. The summed E-state index contributed by atoms with van der Waals surface area (Å²) in [5.41, 5.74) is 0. The van der Waals surface area contributed by atoms with Crippen LogP contribution in [0.3, 0.4) is 0 Å². The van der Waals surface area contributed by atoms with Crippen LogP contribution in [0.25, 0.3) is 0 Å². The van der Waals surface area contributed by atoms with E-state index in [1.165, 1.54) is 205 Å². The highest BCUT2D eigenvalue weighted by molar-refractivity contribution is 5.71. The fraction of sp³-hybridized carbons (Fsp3) is 0.947. The van der Waals surface area contributed by atoms with E-state index in [-0.39, 0.29) is 31.1 Å². The van der Waals surface area contributed by atoms with E-state index in [0.29, 0.717) is 19.3 Å². The molecular weight excluding hydrogens is 781 g/mol. The van der Waals surface area contributed by atoms with Gasteiger partial charge in [0.2, 0.25) is 0 Å². The smallest absolute Gasteiger partial charge is 0.306 e. The molecule has 0 aromatic carbocycles. The highest BCUT2D eigenvalue weighted by atomic mass is 16.6. The van der Waals surface area contributed by atoms with Gasteiger partial charge in [-0.1, -0.05) is 279 Å². The fourth-order valence-corrected chi connectivity index (χ4v) is 8.63. The van der Waals surface area contributed by atoms with Crippen LogP contribution in [0.2, 0.25) is 0 Å². The second-order valence-electron chi connectivity index (χ2n) is 20.1. The van der Waals surface area contributed by atoms with Crippen molar-refractivity contribution in [3.63, 3.8) is 0 Å². The lowest BCUT2D eigenvalue weighted by molar-refractivity contribution is -0.167. The Labute approximate surface area is 393 Å². The van der Waals surface area contributed by atoms with Crippen LogP contribution in [0.5, 0.6) is 0 Å². The van der Waals surface area contributed by atoms with Gasteiger partial charge in [0.05, 0.1) is 0 Å². The Bertz CT molecular complexity index is 966. The molecule has 0 aliphatic rings. The minimum absolute atomic E-state index is 0.0637. The van der Waals surface area contributed by atoms with Gasteiger partial charge in [-0.25, -0.2) is 0 Å². The zero-order valence-electron chi connectivity index (χ0n) is 43.2. The molecule has 0 amide bonds. The minimum Gasteiger partial charge on any atom is -0.462 e. The number of rotatable bonds is 51. The lowest BCUT2D eigenvalue weighted by atomic mass is 9.99. The Kier molecular flexibility index (Phi) is 48.6. The molecule has 0 fully saturated rings. The van der Waals surface area contributed by atoms with Crippen LogP contribution in [0.1, 0.15) is 317 Å². The molecule has 0 saturated heterocycles. The molecule has 0 rings (SSSR count). The standard InChI is InChI=1S/C57H110O6/c1-6-9-10-11-12-13-14-21-25-28-31-37-42-47-55(58)61-50-54(51-62-56(59)48-43-38-34-33-36-41-46-53(5)8-3)63-57(60)49-44-39-32-29-26-23-20-18-16-15-17-19-22-24-27-30-35-40-45-52(4)7-2/h52-54H,6-51H2,1-5H3/t52?,53?,54-/m0/s1. The summed E-state index contributed by atoms with van der Waals surface area (Å²) in [6, 6.07) is 0. The van der Waals surface area contributed by atoms with Crippen LogP contribution in [-0.2, 0) is 28.6 Å². The second kappa shape index (κ2) is 49.8. The maximum Gasteiger partial charge on any atom is 0.306 e. The van der Waals surface area contributed by atoms with E-state index in [2.05, 4.69) is 34.6 Å². The number of carbonyl (C=O) groups is 3. The van der Waals surface area contributed by atoms with Crippen LogP contribution in [0.4, 0.5) is 0 Å². The Hall–Kier alpha value is -1.59. The van der Waals surface area contributed by atoms with E-state index in [1.54, 1.807) is 0 Å². The first kappa shape index (κ1) is 61.4. The number of hydrogen-bond donors (Lipinski definition) is 0. The highest BCUT2D eigenvalue weighted by Crippen LogP contribution is 2.19. The van der Waals surface area contributed by atoms with Gasteiger partial charge in [-0.3, -0.25) is 14.4 Å². The Morgan fingerprint density at radius 2 is 0.556 bits per heavy atom. The van der Waals surface area contributed by atoms with Gasteiger partial charge in [0, 0.05) is 19.3 Å². The van der Waals surface area contributed by atoms with Crippen LogP contribution < -0.4 is 0 Å². The summed E-state index contributed by atoms with van der Waals surface area (Å²) in [5, 5.41) is 0. The maximum absolute atomic E-state index is 12.8. The predicted molar refractivity (Wildman–Crippen MR) is 270 cm³/mol. The Morgan fingerprint density at radius 3 is 0.825 bits per heavy atom. The van der Waals surface area contributed by atoms with Crippen molar-refractivity contribution < 1.29 is 28.6 Å². The topological polar surface area (TPSA) is 78.9 Å². The molecule has 0 heterocycles. The predicted octanol–water partition coefficient (Wildman–Crippen LogP) is 18.5. The summed E-state index contributed by atoms with van der Waals surface area (Å²) in [4.78, 5) is 38.0. The number of unbranched alkanes of at least 4 members (excludes halogenated alkanes) is 34. The number of esters is 3. The van der Waals surface area contributed by atoms with Crippen molar-refractivity contribution in [3.8, 4) is 0 Å². The van der Waals surface area contributed by atoms with Gasteiger partial charge in [-0.2, -0.15) is 0 Å². The molecule has 0 N–H and O–H groups in total. The molecule has 0 bridgehead atoms. The maximum atomic E-state index is 12.8. The number of hydrogen-bond acceptors (Lipinski definition) is 6. The Balaban J connectivity index is 4.21. The summed E-state index contributed by atoms with van der Waals surface area (Å²) < 4.78 is 16.8. The fourth-order valence-electron chi connectivity index (χ4n) is 8.63. The molecule has 0 aromatic rings. The van der Waals surface area contributed by atoms with Gasteiger partial charge in [-0.15, -0.1) is 0 Å². The van der Waals surface area contributed by atoms with E-state index < -0.39 is 6.10 Å². The van der Waals surface area contributed by atoms with Gasteiger partial charge in [0.25, 0.3) is 0 Å². The highest BCUT2D eigenvalue weighted by Gasteiger charge is 2.19. The molecule has 6 heteroatoms. The van der Waals surface area contributed by atoms with Crippen molar-refractivity contribution in [2.24, 2.45) is 11.8 Å². The molecule has 0 aliphatic carbocycles. The van der Waals surface area contributed by atoms with Gasteiger partial charge in [0.1, 0.15) is 13.2 Å². The van der Waals surface area contributed by atoms with Gasteiger partial charge < -0.3 is 14.2 Å². The lowest BCUT2D eigenvalue weighted by Crippen LogP contribution is -2.30. The van der Waals surface area contributed by atoms with E-state index in [1.807, 2.05) is 0 Å². The van der Waals surface area contributed by atoms with Crippen molar-refractivity contribution in [3.05, 3.63) is 0 Å². The average Bonchev–Trinajstić information content (AvgIpc) is 3.28. The average molecular weight is 892 g/mol. The molecule has 0 aliphatic heterocycles. The summed E-state index contributed by atoms with van der Waals surface area (Å²) in [7, 11) is 0. The van der Waals surface area contributed by atoms with Gasteiger partial charge >= 0.3 is 17.9 Å². The molecule has 3 atom stereocenters. The zero-order chi connectivity index (χ0) is 46.1. The minimum atomic E-state index is -0.762. The van der Waals surface area contributed by atoms with Crippen LogP contribution in [0, 0.1) is 11.8 Å². The third-order valence-electron chi connectivity index (χ3n) is 13.7. The molecule has 374 valence electrons. The van der Waals surface area contributed by atoms with Gasteiger partial charge in [0.15, 0.2) is 6.10 Å². The van der Waals surface area contributed by atoms with E-state index >= 15 is 0 Å². The first-order valence-corrected chi connectivity index (χ1v) is 28.3. The normalized spacial score (nSPS) is 12.9. The molecule has 0 saturated carbocycles. The van der Waals surface area contributed by atoms with Crippen LogP contribution in [0.15, 0.2) is 0 Å². The van der Waals surface area contributed by atoms with Gasteiger partial charge in [-0.05, 0) is 31.1 Å². The SMILES string of the molecule is CCCCCCCCCCCCCCCC(=O)OC[C@@H](COC(=O)CCCCCCCCC(C)CC)OC(=O)CCCCCCCCCCCCCCCCCCCCC(C)CC.